The van der Waals surface area contributed by atoms with E-state index in [1.807, 2.05) is 6.92 Å². The highest BCUT2D eigenvalue weighted by Crippen LogP contribution is 2.08. The summed E-state index contributed by atoms with van der Waals surface area (Å²) in [6.45, 7) is 2.49. The Morgan fingerprint density at radius 1 is 1.54 bits per heavy atom. The lowest BCUT2D eigenvalue weighted by molar-refractivity contribution is -0.117. The molecule has 4 nitrogen and oxygen atoms in total. The third-order valence-corrected chi connectivity index (χ3v) is 1.91. The van der Waals surface area contributed by atoms with Crippen LogP contribution in [-0.4, -0.2) is 24.5 Å². The topological polar surface area (TPSA) is 81.1 Å². The Morgan fingerprint density at radius 2 is 2.23 bits per heavy atom. The summed E-state index contributed by atoms with van der Waals surface area (Å²) < 4.78 is 0. The Morgan fingerprint density at radius 3 is 2.77 bits per heavy atom. The molecule has 1 aliphatic rings. The molecular formula is C9H15N3O. The fourth-order valence-electron chi connectivity index (χ4n) is 1.13. The minimum atomic E-state index is -0.261. The first-order valence-electron chi connectivity index (χ1n) is 4.34. The number of carbonyl (C=O) groups is 1. The highest BCUT2D eigenvalue weighted by atomic mass is 16.1. The van der Waals surface area contributed by atoms with Crippen LogP contribution < -0.4 is 16.8 Å². The van der Waals surface area contributed by atoms with E-state index in [2.05, 4.69) is 5.32 Å². The van der Waals surface area contributed by atoms with Crippen molar-refractivity contribution in [1.29, 1.82) is 0 Å². The molecule has 0 aliphatic heterocycles. The molecule has 2 atom stereocenters. The fraction of sp³-hybridized carbons (Fsp3) is 0.444. The van der Waals surface area contributed by atoms with Gasteiger partial charge in [0.05, 0.1) is 0 Å². The lowest BCUT2D eigenvalue weighted by atomic mass is 9.99. The smallest absolute Gasteiger partial charge is 0.250 e. The normalized spacial score (nSPS) is 26.8. The summed E-state index contributed by atoms with van der Waals surface area (Å²) in [4.78, 5) is 11.3. The number of carbonyl (C=O) groups excluding carboxylic acids is 1. The molecule has 0 spiro atoms. The minimum Gasteiger partial charge on any atom is -0.352 e. The summed E-state index contributed by atoms with van der Waals surface area (Å²) in [5, 5.41) is 2.70. The van der Waals surface area contributed by atoms with Gasteiger partial charge >= 0.3 is 0 Å². The van der Waals surface area contributed by atoms with Gasteiger partial charge in [-0.3, -0.25) is 4.79 Å². The summed E-state index contributed by atoms with van der Waals surface area (Å²) >= 11 is 0. The van der Waals surface area contributed by atoms with Crippen molar-refractivity contribution >= 4 is 5.91 Å². The van der Waals surface area contributed by atoms with Crippen LogP contribution in [0.15, 0.2) is 23.8 Å². The second kappa shape index (κ2) is 4.20. The van der Waals surface area contributed by atoms with Crippen LogP contribution in [0.2, 0.25) is 0 Å². The number of nitrogens with two attached hydrogens (primary N) is 2. The van der Waals surface area contributed by atoms with Gasteiger partial charge in [0, 0.05) is 24.2 Å². The van der Waals surface area contributed by atoms with Crippen molar-refractivity contribution in [2.24, 2.45) is 11.5 Å². The molecule has 0 radical (unpaired) electrons. The molecule has 0 heterocycles. The Kier molecular flexibility index (Phi) is 3.22. The second-order valence-corrected chi connectivity index (χ2v) is 3.00. The van der Waals surface area contributed by atoms with Gasteiger partial charge in [0.15, 0.2) is 0 Å². The van der Waals surface area contributed by atoms with E-state index < -0.39 is 0 Å². The molecular weight excluding hydrogens is 166 g/mol. The molecule has 5 N–H and O–H groups in total. The first-order chi connectivity index (χ1) is 6.15. The quantitative estimate of drug-likeness (QED) is 0.525. The van der Waals surface area contributed by atoms with Crippen molar-refractivity contribution in [2.75, 3.05) is 6.54 Å². The largest absolute Gasteiger partial charge is 0.352 e. The van der Waals surface area contributed by atoms with Crippen molar-refractivity contribution in [1.82, 2.24) is 5.32 Å². The zero-order valence-electron chi connectivity index (χ0n) is 7.66. The van der Waals surface area contributed by atoms with Crippen LogP contribution in [-0.2, 0) is 4.79 Å². The standard InChI is InChI=1S/C9H15N3O/c1-2-12-9(13)6-3-4-7(10)8(11)5-6/h3-5,7-8H,2,10-11H2,1H3,(H,12,13). The maximum atomic E-state index is 11.3. The maximum Gasteiger partial charge on any atom is 0.250 e. The minimum absolute atomic E-state index is 0.0962. The molecule has 0 aromatic heterocycles. The number of rotatable bonds is 2. The fourth-order valence-corrected chi connectivity index (χ4v) is 1.13. The van der Waals surface area contributed by atoms with Gasteiger partial charge < -0.3 is 16.8 Å². The monoisotopic (exact) mass is 181 g/mol. The van der Waals surface area contributed by atoms with Crippen molar-refractivity contribution in [2.45, 2.75) is 19.0 Å². The average Bonchev–Trinajstić information content (AvgIpc) is 2.10. The molecule has 0 saturated heterocycles. The molecule has 13 heavy (non-hydrogen) atoms. The third kappa shape index (κ3) is 2.40. The second-order valence-electron chi connectivity index (χ2n) is 3.00. The van der Waals surface area contributed by atoms with E-state index in [-0.39, 0.29) is 18.0 Å². The van der Waals surface area contributed by atoms with Crippen molar-refractivity contribution < 1.29 is 4.79 Å². The summed E-state index contributed by atoms with van der Waals surface area (Å²) in [5.41, 5.74) is 11.9. The molecule has 0 bridgehead atoms. The molecule has 0 aromatic carbocycles. The maximum absolute atomic E-state index is 11.3. The van der Waals surface area contributed by atoms with Crippen molar-refractivity contribution in [3.8, 4) is 0 Å². The molecule has 72 valence electrons. The molecule has 0 saturated carbocycles. The van der Waals surface area contributed by atoms with Gasteiger partial charge in [0.2, 0.25) is 0 Å². The zero-order valence-corrected chi connectivity index (χ0v) is 7.66. The van der Waals surface area contributed by atoms with E-state index in [0.29, 0.717) is 12.1 Å². The summed E-state index contributed by atoms with van der Waals surface area (Å²) in [6, 6.07) is -0.444. The van der Waals surface area contributed by atoms with Gasteiger partial charge in [-0.05, 0) is 6.92 Å². The SMILES string of the molecule is CCNC(=O)C1=CC(N)C(N)C=C1. The van der Waals surface area contributed by atoms with Crippen LogP contribution in [0.1, 0.15) is 6.92 Å². The zero-order chi connectivity index (χ0) is 9.84. The summed E-state index contributed by atoms with van der Waals surface area (Å²) in [6.07, 6.45) is 5.14. The van der Waals surface area contributed by atoms with Gasteiger partial charge in [0.25, 0.3) is 5.91 Å². The van der Waals surface area contributed by atoms with Gasteiger partial charge in [-0.15, -0.1) is 0 Å². The van der Waals surface area contributed by atoms with E-state index in [1.54, 1.807) is 18.2 Å². The van der Waals surface area contributed by atoms with Gasteiger partial charge in [0.1, 0.15) is 0 Å². The predicted octanol–water partition coefficient (Wildman–Crippen LogP) is -0.727. The van der Waals surface area contributed by atoms with Crippen LogP contribution in [0.5, 0.6) is 0 Å². The van der Waals surface area contributed by atoms with E-state index in [9.17, 15) is 4.79 Å². The first kappa shape index (κ1) is 9.95. The molecule has 1 aliphatic carbocycles. The molecule has 4 heteroatoms. The van der Waals surface area contributed by atoms with E-state index in [4.69, 9.17) is 11.5 Å². The van der Waals surface area contributed by atoms with E-state index in [0.717, 1.165) is 0 Å². The Balaban J connectivity index is 2.67. The first-order valence-corrected chi connectivity index (χ1v) is 4.34. The van der Waals surface area contributed by atoms with Crippen molar-refractivity contribution in [3.05, 3.63) is 23.8 Å². The van der Waals surface area contributed by atoms with Crippen LogP contribution in [0, 0.1) is 0 Å². The summed E-state index contributed by atoms with van der Waals surface area (Å²) in [7, 11) is 0. The van der Waals surface area contributed by atoms with Crippen molar-refractivity contribution in [3.63, 3.8) is 0 Å². The number of nitrogens with one attached hydrogen (secondary N) is 1. The van der Waals surface area contributed by atoms with E-state index in [1.165, 1.54) is 0 Å². The van der Waals surface area contributed by atoms with Crippen LogP contribution >= 0.6 is 0 Å². The molecule has 1 rings (SSSR count). The van der Waals surface area contributed by atoms with Gasteiger partial charge in [-0.1, -0.05) is 18.2 Å². The van der Waals surface area contributed by atoms with Crippen LogP contribution in [0.25, 0.3) is 0 Å². The lowest BCUT2D eigenvalue weighted by Crippen LogP contribution is -2.41. The number of hydrogen-bond acceptors (Lipinski definition) is 3. The number of hydrogen-bond donors (Lipinski definition) is 3. The molecule has 2 unspecified atom stereocenters. The lowest BCUT2D eigenvalue weighted by Gasteiger charge is -2.18. The Labute approximate surface area is 77.7 Å². The molecule has 1 amide bonds. The van der Waals surface area contributed by atoms with Crippen LogP contribution in [0.3, 0.4) is 0 Å². The highest BCUT2D eigenvalue weighted by Gasteiger charge is 2.16. The predicted molar refractivity (Wildman–Crippen MR) is 51.9 cm³/mol. The summed E-state index contributed by atoms with van der Waals surface area (Å²) in [5.74, 6) is -0.0962. The Hall–Kier alpha value is -1.13. The van der Waals surface area contributed by atoms with Crippen LogP contribution in [0.4, 0.5) is 0 Å². The number of likely N-dealkylation sites (N-methyl/N-ethyl adjacent to an activating group) is 1. The van der Waals surface area contributed by atoms with Gasteiger partial charge in [-0.25, -0.2) is 0 Å². The average molecular weight is 181 g/mol. The highest BCUT2D eigenvalue weighted by molar-refractivity contribution is 5.96. The van der Waals surface area contributed by atoms with E-state index >= 15 is 0 Å². The molecule has 0 fully saturated rings. The van der Waals surface area contributed by atoms with Gasteiger partial charge in [-0.2, -0.15) is 0 Å². The Bertz CT molecular complexity index is 258. The number of amides is 1. The third-order valence-electron chi connectivity index (χ3n) is 1.91. The molecule has 0 aromatic rings.